The van der Waals surface area contributed by atoms with E-state index in [4.69, 9.17) is 11.6 Å². The Bertz CT molecular complexity index is 661. The molecule has 2 rings (SSSR count). The molecular formula is C15H16ClFN4O. The van der Waals surface area contributed by atoms with Crippen LogP contribution in [0.25, 0.3) is 0 Å². The second-order valence-corrected chi connectivity index (χ2v) is 5.55. The van der Waals surface area contributed by atoms with Gasteiger partial charge < -0.3 is 10.6 Å². The van der Waals surface area contributed by atoms with Gasteiger partial charge in [0.05, 0.1) is 17.4 Å². The van der Waals surface area contributed by atoms with E-state index in [0.29, 0.717) is 17.4 Å². The van der Waals surface area contributed by atoms with E-state index in [1.165, 1.54) is 30.6 Å². The lowest BCUT2D eigenvalue weighted by Crippen LogP contribution is -2.15. The first kappa shape index (κ1) is 16.2. The van der Waals surface area contributed by atoms with Crippen molar-refractivity contribution in [2.75, 3.05) is 17.2 Å². The molecule has 5 nitrogen and oxygen atoms in total. The number of aromatic nitrogens is 2. The number of carbonyl (C=O) groups is 1. The second kappa shape index (κ2) is 7.17. The van der Waals surface area contributed by atoms with Crippen LogP contribution in [-0.2, 0) is 0 Å². The maximum Gasteiger partial charge on any atom is 0.275 e. The van der Waals surface area contributed by atoms with E-state index in [-0.39, 0.29) is 10.7 Å². The fourth-order valence-electron chi connectivity index (χ4n) is 1.61. The number of anilines is 2. The topological polar surface area (TPSA) is 66.9 Å². The highest BCUT2D eigenvalue weighted by Gasteiger charge is 2.10. The molecule has 0 aliphatic rings. The van der Waals surface area contributed by atoms with Crippen LogP contribution in [0.5, 0.6) is 0 Å². The van der Waals surface area contributed by atoms with Gasteiger partial charge in [0.25, 0.3) is 5.91 Å². The Kier molecular flexibility index (Phi) is 5.27. The molecule has 0 unspecified atom stereocenters. The first-order chi connectivity index (χ1) is 10.5. The zero-order chi connectivity index (χ0) is 16.1. The average molecular weight is 323 g/mol. The minimum absolute atomic E-state index is 0.0582. The summed E-state index contributed by atoms with van der Waals surface area (Å²) in [5.41, 5.74) is 0.552. The van der Waals surface area contributed by atoms with Crippen molar-refractivity contribution in [2.45, 2.75) is 13.8 Å². The van der Waals surface area contributed by atoms with Crippen molar-refractivity contribution >= 4 is 29.0 Å². The third-order valence-electron chi connectivity index (χ3n) is 2.75. The Labute approximate surface area is 132 Å². The molecule has 7 heteroatoms. The fourth-order valence-corrected chi connectivity index (χ4v) is 1.79. The number of benzene rings is 1. The summed E-state index contributed by atoms with van der Waals surface area (Å²) in [6, 6.07) is 3.94. The first-order valence-electron chi connectivity index (χ1n) is 6.78. The molecule has 0 aliphatic heterocycles. The number of amides is 1. The Balaban J connectivity index is 2.01. The molecule has 2 aromatic rings. The highest BCUT2D eigenvalue weighted by Crippen LogP contribution is 2.19. The van der Waals surface area contributed by atoms with Crippen molar-refractivity contribution < 1.29 is 9.18 Å². The maximum absolute atomic E-state index is 13.1. The highest BCUT2D eigenvalue weighted by molar-refractivity contribution is 6.31. The Morgan fingerprint density at radius 2 is 2.09 bits per heavy atom. The van der Waals surface area contributed by atoms with Crippen molar-refractivity contribution in [3.8, 4) is 0 Å². The molecule has 116 valence electrons. The van der Waals surface area contributed by atoms with Crippen molar-refractivity contribution in [2.24, 2.45) is 5.92 Å². The summed E-state index contributed by atoms with van der Waals surface area (Å²) < 4.78 is 13.1. The van der Waals surface area contributed by atoms with Gasteiger partial charge in [-0.3, -0.25) is 4.79 Å². The molecule has 0 aliphatic carbocycles. The molecule has 0 bridgehead atoms. The summed E-state index contributed by atoms with van der Waals surface area (Å²) in [5, 5.41) is 5.63. The normalized spacial score (nSPS) is 10.6. The van der Waals surface area contributed by atoms with E-state index >= 15 is 0 Å². The maximum atomic E-state index is 13.1. The van der Waals surface area contributed by atoms with Crippen LogP contribution < -0.4 is 10.6 Å². The number of halogens is 2. The molecule has 1 amide bonds. The standard InChI is InChI=1S/C15H16ClFN4O/c1-9(2)6-19-14-8-18-13(7-20-14)15(22)21-10-3-4-12(17)11(16)5-10/h3-5,7-9H,6H2,1-2H3,(H,19,20)(H,21,22). The summed E-state index contributed by atoms with van der Waals surface area (Å²) >= 11 is 5.66. The molecule has 0 saturated carbocycles. The molecule has 0 fully saturated rings. The van der Waals surface area contributed by atoms with Crippen molar-refractivity contribution in [3.05, 3.63) is 47.1 Å². The van der Waals surface area contributed by atoms with Crippen LogP contribution in [0.2, 0.25) is 5.02 Å². The molecule has 1 heterocycles. The van der Waals surface area contributed by atoms with Crippen molar-refractivity contribution in [1.29, 1.82) is 0 Å². The summed E-state index contributed by atoms with van der Waals surface area (Å²) in [7, 11) is 0. The molecule has 0 saturated heterocycles. The van der Waals surface area contributed by atoms with E-state index in [1.807, 2.05) is 0 Å². The number of nitrogens with one attached hydrogen (secondary N) is 2. The van der Waals surface area contributed by atoms with Crippen molar-refractivity contribution in [1.82, 2.24) is 9.97 Å². The Hall–Kier alpha value is -2.21. The third kappa shape index (κ3) is 4.39. The summed E-state index contributed by atoms with van der Waals surface area (Å²) in [6.07, 6.45) is 2.87. The molecule has 2 N–H and O–H groups in total. The van der Waals surface area contributed by atoms with Crippen LogP contribution in [0.15, 0.2) is 30.6 Å². The summed E-state index contributed by atoms with van der Waals surface area (Å²) in [4.78, 5) is 20.2. The average Bonchev–Trinajstić information content (AvgIpc) is 2.49. The van der Waals surface area contributed by atoms with Gasteiger partial charge in [-0.2, -0.15) is 0 Å². The van der Waals surface area contributed by atoms with Crippen molar-refractivity contribution in [3.63, 3.8) is 0 Å². The monoisotopic (exact) mass is 322 g/mol. The van der Waals surface area contributed by atoms with Crippen LogP contribution in [-0.4, -0.2) is 22.4 Å². The van der Waals surface area contributed by atoms with Crippen LogP contribution in [0, 0.1) is 11.7 Å². The fraction of sp³-hybridized carbons (Fsp3) is 0.267. The van der Waals surface area contributed by atoms with E-state index in [9.17, 15) is 9.18 Å². The third-order valence-corrected chi connectivity index (χ3v) is 3.04. The molecule has 1 aromatic heterocycles. The SMILES string of the molecule is CC(C)CNc1cnc(C(=O)Nc2ccc(F)c(Cl)c2)cn1. The van der Waals surface area contributed by atoms with Gasteiger partial charge in [-0.15, -0.1) is 0 Å². The van der Waals surface area contributed by atoms with Gasteiger partial charge in [-0.25, -0.2) is 14.4 Å². The first-order valence-corrected chi connectivity index (χ1v) is 7.16. The van der Waals surface area contributed by atoms with Gasteiger partial charge in [0.1, 0.15) is 17.3 Å². The molecular weight excluding hydrogens is 307 g/mol. The number of hydrogen-bond acceptors (Lipinski definition) is 4. The second-order valence-electron chi connectivity index (χ2n) is 5.14. The lowest BCUT2D eigenvalue weighted by atomic mass is 10.2. The number of carbonyl (C=O) groups excluding carboxylic acids is 1. The van der Waals surface area contributed by atoms with E-state index in [0.717, 1.165) is 6.54 Å². The zero-order valence-corrected chi connectivity index (χ0v) is 13.0. The van der Waals surface area contributed by atoms with Crippen LogP contribution in [0.3, 0.4) is 0 Å². The predicted octanol–water partition coefficient (Wildman–Crippen LogP) is 3.59. The largest absolute Gasteiger partial charge is 0.369 e. The number of hydrogen-bond donors (Lipinski definition) is 2. The number of rotatable bonds is 5. The zero-order valence-electron chi connectivity index (χ0n) is 12.2. The quantitative estimate of drug-likeness (QED) is 0.882. The number of nitrogens with zero attached hydrogens (tertiary/aromatic N) is 2. The van der Waals surface area contributed by atoms with Gasteiger partial charge in [0, 0.05) is 12.2 Å². The minimum atomic E-state index is -0.542. The highest BCUT2D eigenvalue weighted by atomic mass is 35.5. The summed E-state index contributed by atoms with van der Waals surface area (Å²) in [5.74, 6) is 0.105. The summed E-state index contributed by atoms with van der Waals surface area (Å²) in [6.45, 7) is 4.93. The van der Waals surface area contributed by atoms with Gasteiger partial charge in [0.2, 0.25) is 0 Å². The molecule has 1 aromatic carbocycles. The van der Waals surface area contributed by atoms with Gasteiger partial charge >= 0.3 is 0 Å². The Morgan fingerprint density at radius 3 is 2.68 bits per heavy atom. The van der Waals surface area contributed by atoms with Crippen LogP contribution in [0.4, 0.5) is 15.9 Å². The van der Waals surface area contributed by atoms with Gasteiger partial charge in [-0.1, -0.05) is 25.4 Å². The van der Waals surface area contributed by atoms with E-state index in [1.54, 1.807) is 0 Å². The predicted molar refractivity (Wildman–Crippen MR) is 84.7 cm³/mol. The molecule has 0 atom stereocenters. The lowest BCUT2D eigenvalue weighted by molar-refractivity contribution is 0.102. The minimum Gasteiger partial charge on any atom is -0.369 e. The van der Waals surface area contributed by atoms with Gasteiger partial charge in [-0.05, 0) is 24.1 Å². The van der Waals surface area contributed by atoms with Gasteiger partial charge in [0.15, 0.2) is 0 Å². The molecule has 0 spiro atoms. The van der Waals surface area contributed by atoms with Crippen LogP contribution in [0.1, 0.15) is 24.3 Å². The van der Waals surface area contributed by atoms with Crippen LogP contribution >= 0.6 is 11.6 Å². The van der Waals surface area contributed by atoms with E-state index in [2.05, 4.69) is 34.4 Å². The molecule has 0 radical (unpaired) electrons. The van der Waals surface area contributed by atoms with E-state index < -0.39 is 11.7 Å². The molecule has 22 heavy (non-hydrogen) atoms. The Morgan fingerprint density at radius 1 is 1.32 bits per heavy atom. The lowest BCUT2D eigenvalue weighted by Gasteiger charge is -2.08. The smallest absolute Gasteiger partial charge is 0.275 e.